The van der Waals surface area contributed by atoms with Crippen molar-refractivity contribution < 1.29 is 9.47 Å². The SMILES string of the molecule is CN(C)Nc1nccc2cc3c(cc12)OCO3. The molecule has 2 heterocycles. The molecule has 0 bridgehead atoms. The third-order valence-electron chi connectivity index (χ3n) is 2.59. The third-order valence-corrected chi connectivity index (χ3v) is 2.59. The largest absolute Gasteiger partial charge is 0.454 e. The Hall–Kier alpha value is -2.01. The first-order valence-corrected chi connectivity index (χ1v) is 5.36. The van der Waals surface area contributed by atoms with Gasteiger partial charge < -0.3 is 14.9 Å². The van der Waals surface area contributed by atoms with Gasteiger partial charge in [-0.1, -0.05) is 0 Å². The normalized spacial score (nSPS) is 13.4. The monoisotopic (exact) mass is 231 g/mol. The molecule has 3 rings (SSSR count). The van der Waals surface area contributed by atoms with E-state index in [0.717, 1.165) is 28.1 Å². The van der Waals surface area contributed by atoms with Gasteiger partial charge in [-0.15, -0.1) is 0 Å². The predicted octanol–water partition coefficient (Wildman–Crippen LogP) is 1.85. The maximum absolute atomic E-state index is 5.38. The number of rotatable bonds is 2. The maximum Gasteiger partial charge on any atom is 0.231 e. The lowest BCUT2D eigenvalue weighted by molar-refractivity contribution is 0.174. The number of nitrogens with zero attached hydrogens (tertiary/aromatic N) is 2. The van der Waals surface area contributed by atoms with Crippen molar-refractivity contribution in [2.45, 2.75) is 0 Å². The molecule has 1 aromatic carbocycles. The summed E-state index contributed by atoms with van der Waals surface area (Å²) >= 11 is 0. The summed E-state index contributed by atoms with van der Waals surface area (Å²) in [5.74, 6) is 2.37. The van der Waals surface area contributed by atoms with Crippen LogP contribution in [0, 0.1) is 0 Å². The highest BCUT2D eigenvalue weighted by atomic mass is 16.7. The fraction of sp³-hybridized carbons (Fsp3) is 0.250. The second kappa shape index (κ2) is 3.78. The molecule has 0 atom stereocenters. The topological polar surface area (TPSA) is 46.6 Å². The van der Waals surface area contributed by atoms with Crippen LogP contribution in [-0.2, 0) is 0 Å². The smallest absolute Gasteiger partial charge is 0.231 e. The van der Waals surface area contributed by atoms with Crippen molar-refractivity contribution in [1.29, 1.82) is 0 Å². The Bertz CT molecular complexity index is 569. The average Bonchev–Trinajstić information content (AvgIpc) is 2.73. The zero-order valence-electron chi connectivity index (χ0n) is 9.73. The van der Waals surface area contributed by atoms with Gasteiger partial charge >= 0.3 is 0 Å². The highest BCUT2D eigenvalue weighted by Gasteiger charge is 2.15. The lowest BCUT2D eigenvalue weighted by Crippen LogP contribution is -2.20. The van der Waals surface area contributed by atoms with Gasteiger partial charge in [-0.25, -0.2) is 9.99 Å². The van der Waals surface area contributed by atoms with Gasteiger partial charge in [0.2, 0.25) is 6.79 Å². The first-order valence-electron chi connectivity index (χ1n) is 5.36. The van der Waals surface area contributed by atoms with Crippen LogP contribution in [0.1, 0.15) is 0 Å². The van der Waals surface area contributed by atoms with E-state index in [9.17, 15) is 0 Å². The Morgan fingerprint density at radius 2 is 2.00 bits per heavy atom. The molecule has 0 unspecified atom stereocenters. The van der Waals surface area contributed by atoms with Crippen LogP contribution in [0.25, 0.3) is 10.8 Å². The summed E-state index contributed by atoms with van der Waals surface area (Å²) in [7, 11) is 3.85. The molecule has 2 aromatic rings. The number of benzene rings is 1. The van der Waals surface area contributed by atoms with Crippen molar-refractivity contribution in [3.05, 3.63) is 24.4 Å². The van der Waals surface area contributed by atoms with Crippen LogP contribution in [0.5, 0.6) is 11.5 Å². The summed E-state index contributed by atoms with van der Waals surface area (Å²) in [6.45, 7) is 0.287. The molecule has 1 aliphatic heterocycles. The van der Waals surface area contributed by atoms with Crippen LogP contribution >= 0.6 is 0 Å². The van der Waals surface area contributed by atoms with Crippen molar-refractivity contribution in [1.82, 2.24) is 9.99 Å². The Labute approximate surface area is 98.9 Å². The molecular formula is C12H13N3O2. The number of hydrogen-bond acceptors (Lipinski definition) is 5. The fourth-order valence-electron chi connectivity index (χ4n) is 1.86. The Morgan fingerprint density at radius 1 is 1.24 bits per heavy atom. The van der Waals surface area contributed by atoms with Crippen molar-refractivity contribution in [2.24, 2.45) is 0 Å². The zero-order valence-corrected chi connectivity index (χ0v) is 9.73. The van der Waals surface area contributed by atoms with Crippen LogP contribution in [0.3, 0.4) is 0 Å². The number of hydrogen-bond donors (Lipinski definition) is 1. The minimum absolute atomic E-state index is 0.287. The van der Waals surface area contributed by atoms with Crippen molar-refractivity contribution in [2.75, 3.05) is 26.3 Å². The lowest BCUT2D eigenvalue weighted by Gasteiger charge is -2.14. The van der Waals surface area contributed by atoms with E-state index in [0.29, 0.717) is 0 Å². The predicted molar refractivity (Wildman–Crippen MR) is 65.2 cm³/mol. The Kier molecular flexibility index (Phi) is 2.26. The zero-order chi connectivity index (χ0) is 11.8. The van der Waals surface area contributed by atoms with E-state index in [1.54, 1.807) is 6.20 Å². The van der Waals surface area contributed by atoms with Gasteiger partial charge in [0.15, 0.2) is 11.5 Å². The summed E-state index contributed by atoms with van der Waals surface area (Å²) in [6, 6.07) is 5.88. The van der Waals surface area contributed by atoms with Gasteiger partial charge in [0.1, 0.15) is 5.82 Å². The van der Waals surface area contributed by atoms with E-state index in [2.05, 4.69) is 10.4 Å². The van der Waals surface area contributed by atoms with E-state index < -0.39 is 0 Å². The number of aromatic nitrogens is 1. The number of ether oxygens (including phenoxy) is 2. The molecular weight excluding hydrogens is 218 g/mol. The molecule has 1 N–H and O–H groups in total. The molecule has 0 saturated carbocycles. The molecule has 1 aromatic heterocycles. The maximum atomic E-state index is 5.38. The summed E-state index contributed by atoms with van der Waals surface area (Å²) in [5, 5.41) is 3.95. The fourth-order valence-corrected chi connectivity index (χ4v) is 1.86. The van der Waals surface area contributed by atoms with Gasteiger partial charge in [-0.2, -0.15) is 0 Å². The van der Waals surface area contributed by atoms with E-state index in [4.69, 9.17) is 9.47 Å². The van der Waals surface area contributed by atoms with Crippen LogP contribution in [0.15, 0.2) is 24.4 Å². The van der Waals surface area contributed by atoms with Crippen LogP contribution in [0.4, 0.5) is 5.82 Å². The Balaban J connectivity index is 2.17. The number of hydrazine groups is 1. The van der Waals surface area contributed by atoms with E-state index in [1.807, 2.05) is 37.3 Å². The van der Waals surface area contributed by atoms with E-state index >= 15 is 0 Å². The molecule has 5 heteroatoms. The van der Waals surface area contributed by atoms with Gasteiger partial charge in [-0.05, 0) is 23.6 Å². The summed E-state index contributed by atoms with van der Waals surface area (Å²) in [5.41, 5.74) is 3.16. The standard InChI is InChI=1S/C12H13N3O2/c1-15(2)14-12-9-6-11-10(16-7-17-11)5-8(9)3-4-13-12/h3-6H,7H2,1-2H3,(H,13,14). The van der Waals surface area contributed by atoms with Gasteiger partial charge in [0, 0.05) is 25.7 Å². The van der Waals surface area contributed by atoms with E-state index in [-0.39, 0.29) is 6.79 Å². The quantitative estimate of drug-likeness (QED) is 0.799. The van der Waals surface area contributed by atoms with Crippen molar-refractivity contribution >= 4 is 16.6 Å². The molecule has 0 spiro atoms. The second-order valence-electron chi connectivity index (χ2n) is 4.09. The van der Waals surface area contributed by atoms with Gasteiger partial charge in [0.05, 0.1) is 0 Å². The number of nitrogens with one attached hydrogen (secondary N) is 1. The molecule has 17 heavy (non-hydrogen) atoms. The summed E-state index contributed by atoms with van der Waals surface area (Å²) in [6.07, 6.45) is 1.77. The van der Waals surface area contributed by atoms with Gasteiger partial charge in [0.25, 0.3) is 0 Å². The molecule has 0 fully saturated rings. The first kappa shape index (κ1) is 10.2. The van der Waals surface area contributed by atoms with Crippen LogP contribution in [-0.4, -0.2) is 30.9 Å². The molecule has 0 radical (unpaired) electrons. The molecule has 1 aliphatic rings. The molecule has 5 nitrogen and oxygen atoms in total. The van der Waals surface area contributed by atoms with Crippen LogP contribution < -0.4 is 14.9 Å². The second-order valence-corrected chi connectivity index (χ2v) is 4.09. The molecule has 0 saturated heterocycles. The molecule has 88 valence electrons. The lowest BCUT2D eigenvalue weighted by atomic mass is 10.1. The highest BCUT2D eigenvalue weighted by Crippen LogP contribution is 2.37. The number of fused-ring (bicyclic) bond motifs is 2. The number of pyridine rings is 1. The third kappa shape index (κ3) is 1.74. The summed E-state index contributed by atoms with van der Waals surface area (Å²) < 4.78 is 10.7. The minimum Gasteiger partial charge on any atom is -0.454 e. The minimum atomic E-state index is 0.287. The van der Waals surface area contributed by atoms with Gasteiger partial charge in [-0.3, -0.25) is 0 Å². The van der Waals surface area contributed by atoms with Crippen molar-refractivity contribution in [3.8, 4) is 11.5 Å². The Morgan fingerprint density at radius 3 is 2.76 bits per heavy atom. The highest BCUT2D eigenvalue weighted by molar-refractivity contribution is 5.94. The average molecular weight is 231 g/mol. The molecule has 0 aliphatic carbocycles. The first-order chi connectivity index (χ1) is 8.24. The number of anilines is 1. The summed E-state index contributed by atoms with van der Waals surface area (Å²) in [4.78, 5) is 4.32. The molecule has 0 amide bonds. The van der Waals surface area contributed by atoms with E-state index in [1.165, 1.54) is 0 Å². The van der Waals surface area contributed by atoms with Crippen molar-refractivity contribution in [3.63, 3.8) is 0 Å². The van der Waals surface area contributed by atoms with Crippen LogP contribution in [0.2, 0.25) is 0 Å².